The molecule has 16 heavy (non-hydrogen) atoms. The zero-order valence-corrected chi connectivity index (χ0v) is 11.0. The van der Waals surface area contributed by atoms with Crippen molar-refractivity contribution in [3.63, 3.8) is 0 Å². The van der Waals surface area contributed by atoms with E-state index >= 15 is 0 Å². The van der Waals surface area contributed by atoms with E-state index in [1.54, 1.807) is 32.8 Å². The summed E-state index contributed by atoms with van der Waals surface area (Å²) in [6.07, 6.45) is 0.725. The largest absolute Gasteiger partial charge is 0.480 e. The van der Waals surface area contributed by atoms with E-state index < -0.39 is 17.6 Å². The fraction of sp³-hybridized carbons (Fsp3) is 0.909. The van der Waals surface area contributed by atoms with Gasteiger partial charge in [-0.15, -0.1) is 0 Å². The number of aliphatic hydroxyl groups is 1. The van der Waals surface area contributed by atoms with E-state index in [0.717, 1.165) is 13.0 Å². The summed E-state index contributed by atoms with van der Waals surface area (Å²) in [6.45, 7) is 6.06. The second-order valence-electron chi connectivity index (χ2n) is 4.32. The monoisotopic (exact) mass is 234 g/mol. The summed E-state index contributed by atoms with van der Waals surface area (Å²) in [6, 6.07) is 0. The van der Waals surface area contributed by atoms with E-state index in [9.17, 15) is 4.79 Å². The molecular weight excluding hydrogens is 208 g/mol. The van der Waals surface area contributed by atoms with Crippen LogP contribution in [0.15, 0.2) is 0 Å². The topological polar surface area (TPSA) is 86.8 Å². The first-order valence-electron chi connectivity index (χ1n) is 5.51. The zero-order valence-electron chi connectivity index (χ0n) is 11.0. The van der Waals surface area contributed by atoms with Gasteiger partial charge >= 0.3 is 5.97 Å². The third-order valence-electron chi connectivity index (χ3n) is 2.43. The molecular formula is C11H26N2O3. The van der Waals surface area contributed by atoms with Gasteiger partial charge in [0.2, 0.25) is 0 Å². The highest BCUT2D eigenvalue weighted by Gasteiger charge is 2.36. The van der Waals surface area contributed by atoms with Crippen molar-refractivity contribution in [2.75, 3.05) is 20.6 Å². The predicted octanol–water partition coefficient (Wildman–Crippen LogP) is 0.517. The van der Waals surface area contributed by atoms with Crippen molar-refractivity contribution in [2.24, 2.45) is 5.73 Å². The summed E-state index contributed by atoms with van der Waals surface area (Å²) in [5.41, 5.74) is 4.05. The van der Waals surface area contributed by atoms with Crippen LogP contribution in [0.25, 0.3) is 0 Å². The molecule has 0 fully saturated rings. The van der Waals surface area contributed by atoms with E-state index in [1.807, 2.05) is 0 Å². The number of hydrogen-bond donors (Lipinski definition) is 3. The molecule has 0 spiro atoms. The summed E-state index contributed by atoms with van der Waals surface area (Å²) < 4.78 is 0. The lowest BCUT2D eigenvalue weighted by Gasteiger charge is -2.32. The fourth-order valence-electron chi connectivity index (χ4n) is 1.04. The number of nitrogens with zero attached hydrogens (tertiary/aromatic N) is 1. The molecule has 0 aliphatic carbocycles. The lowest BCUT2D eigenvalue weighted by molar-refractivity contribution is -0.150. The molecule has 98 valence electrons. The quantitative estimate of drug-likeness (QED) is 0.645. The zero-order chi connectivity index (χ0) is 13.4. The minimum Gasteiger partial charge on any atom is -0.480 e. The second-order valence-corrected chi connectivity index (χ2v) is 4.32. The molecule has 0 saturated carbocycles. The van der Waals surface area contributed by atoms with Crippen LogP contribution in [0.4, 0.5) is 0 Å². The number of carbonyl (C=O) groups is 1. The van der Waals surface area contributed by atoms with Gasteiger partial charge in [-0.25, -0.2) is 0 Å². The molecule has 0 bridgehead atoms. The highest BCUT2D eigenvalue weighted by molar-refractivity contribution is 5.78. The van der Waals surface area contributed by atoms with Crippen molar-refractivity contribution < 1.29 is 15.0 Å². The number of aliphatic hydroxyl groups excluding tert-OH is 1. The molecule has 5 nitrogen and oxygen atoms in total. The number of carboxylic acid groups (broad SMARTS) is 1. The highest BCUT2D eigenvalue weighted by atomic mass is 16.4. The molecule has 0 aromatic rings. The molecule has 0 heterocycles. The van der Waals surface area contributed by atoms with Crippen LogP contribution < -0.4 is 5.73 Å². The van der Waals surface area contributed by atoms with Crippen LogP contribution in [0, 0.1) is 0 Å². The molecule has 0 aliphatic rings. The van der Waals surface area contributed by atoms with Crippen molar-refractivity contribution >= 4 is 5.97 Å². The maximum atomic E-state index is 10.8. The summed E-state index contributed by atoms with van der Waals surface area (Å²) in [5.74, 6) is -0.909. The van der Waals surface area contributed by atoms with Gasteiger partial charge < -0.3 is 15.9 Å². The molecule has 0 saturated heterocycles. The molecule has 4 N–H and O–H groups in total. The maximum absolute atomic E-state index is 10.8. The van der Waals surface area contributed by atoms with E-state index in [2.05, 4.69) is 6.92 Å². The Kier molecular flexibility index (Phi) is 9.42. The molecule has 2 atom stereocenters. The van der Waals surface area contributed by atoms with E-state index in [-0.39, 0.29) is 6.42 Å². The number of nitrogens with two attached hydrogens (primary N) is 1. The summed E-state index contributed by atoms with van der Waals surface area (Å²) >= 11 is 0. The van der Waals surface area contributed by atoms with Crippen molar-refractivity contribution in [1.29, 1.82) is 0 Å². The Morgan fingerprint density at radius 2 is 1.88 bits per heavy atom. The van der Waals surface area contributed by atoms with Gasteiger partial charge in [-0.05, 0) is 40.9 Å². The Bertz CT molecular complexity index is 194. The van der Waals surface area contributed by atoms with Crippen LogP contribution >= 0.6 is 0 Å². The van der Waals surface area contributed by atoms with Crippen LogP contribution in [0.2, 0.25) is 0 Å². The molecule has 0 rings (SSSR count). The van der Waals surface area contributed by atoms with Crippen molar-refractivity contribution in [3.05, 3.63) is 0 Å². The Labute approximate surface area is 98.2 Å². The van der Waals surface area contributed by atoms with E-state index in [0.29, 0.717) is 0 Å². The third-order valence-corrected chi connectivity index (χ3v) is 2.43. The molecule has 0 radical (unpaired) electrons. The van der Waals surface area contributed by atoms with Gasteiger partial charge in [0.15, 0.2) is 0 Å². The molecule has 0 aromatic heterocycles. The average molecular weight is 234 g/mol. The van der Waals surface area contributed by atoms with Crippen molar-refractivity contribution in [2.45, 2.75) is 45.3 Å². The van der Waals surface area contributed by atoms with Crippen LogP contribution in [0.3, 0.4) is 0 Å². The normalized spacial score (nSPS) is 16.0. The number of hydrogen-bond acceptors (Lipinski definition) is 4. The van der Waals surface area contributed by atoms with Crippen LogP contribution in [-0.4, -0.2) is 53.4 Å². The van der Waals surface area contributed by atoms with Crippen LogP contribution in [-0.2, 0) is 4.79 Å². The predicted molar refractivity (Wildman–Crippen MR) is 65.4 cm³/mol. The first-order chi connectivity index (χ1) is 7.22. The van der Waals surface area contributed by atoms with Gasteiger partial charge in [0.1, 0.15) is 5.54 Å². The van der Waals surface area contributed by atoms with Gasteiger partial charge in [0, 0.05) is 6.42 Å². The van der Waals surface area contributed by atoms with Gasteiger partial charge in [0.05, 0.1) is 6.10 Å². The van der Waals surface area contributed by atoms with Crippen LogP contribution in [0.5, 0.6) is 0 Å². The Hall–Kier alpha value is -0.650. The standard InChI is InChI=1S/C8H17NO3.C3H9N/c1-6(10)5-8(2,7(11)12)9(3)4;1-2-3-4/h6,10H,5H2,1-4H3,(H,11,12);2-4H2,1H3. The van der Waals surface area contributed by atoms with Gasteiger partial charge in [0.25, 0.3) is 0 Å². The smallest absolute Gasteiger partial charge is 0.323 e. The van der Waals surface area contributed by atoms with E-state index in [4.69, 9.17) is 15.9 Å². The van der Waals surface area contributed by atoms with Crippen molar-refractivity contribution in [3.8, 4) is 0 Å². The Balaban J connectivity index is 0. The van der Waals surface area contributed by atoms with Crippen molar-refractivity contribution in [1.82, 2.24) is 4.90 Å². The van der Waals surface area contributed by atoms with Gasteiger partial charge in [-0.1, -0.05) is 6.92 Å². The number of rotatable bonds is 5. The molecule has 0 aromatic carbocycles. The minimum absolute atomic E-state index is 0.231. The Morgan fingerprint density at radius 3 is 1.94 bits per heavy atom. The Morgan fingerprint density at radius 1 is 1.50 bits per heavy atom. The minimum atomic E-state index is -0.978. The maximum Gasteiger partial charge on any atom is 0.323 e. The number of carboxylic acids is 1. The fourth-order valence-corrected chi connectivity index (χ4v) is 1.04. The lowest BCUT2D eigenvalue weighted by atomic mass is 9.94. The lowest BCUT2D eigenvalue weighted by Crippen LogP contribution is -2.50. The van der Waals surface area contributed by atoms with Gasteiger partial charge in [-0.2, -0.15) is 0 Å². The number of likely N-dealkylation sites (N-methyl/N-ethyl adjacent to an activating group) is 1. The summed E-state index contributed by atoms with van der Waals surface area (Å²) in [4.78, 5) is 12.4. The van der Waals surface area contributed by atoms with Gasteiger partial charge in [-0.3, -0.25) is 9.69 Å². The number of aliphatic carboxylic acids is 1. The first kappa shape index (κ1) is 17.7. The summed E-state index contributed by atoms with van der Waals surface area (Å²) in [5, 5.41) is 18.0. The SMILES string of the molecule is CC(O)CC(C)(C(=O)O)N(C)C.CCCN. The molecule has 0 amide bonds. The third kappa shape index (κ3) is 6.76. The highest BCUT2D eigenvalue weighted by Crippen LogP contribution is 2.18. The molecule has 5 heteroatoms. The van der Waals surface area contributed by atoms with E-state index in [1.165, 1.54) is 0 Å². The second kappa shape index (κ2) is 8.50. The molecule has 0 aliphatic heterocycles. The average Bonchev–Trinajstić information content (AvgIpc) is 2.16. The first-order valence-corrected chi connectivity index (χ1v) is 5.51. The summed E-state index contributed by atoms with van der Waals surface area (Å²) in [7, 11) is 3.38. The van der Waals surface area contributed by atoms with Crippen LogP contribution in [0.1, 0.15) is 33.6 Å². The molecule has 2 unspecified atom stereocenters.